The number of carbonyl (C=O) groups excluding carboxylic acids is 1. The number of aromatic nitrogens is 2. The first-order valence-corrected chi connectivity index (χ1v) is 7.43. The Hall–Kier alpha value is -3.75. The van der Waals surface area contributed by atoms with E-state index in [0.717, 1.165) is 0 Å². The number of carbonyl (C=O) groups is 1. The zero-order chi connectivity index (χ0) is 18.7. The summed E-state index contributed by atoms with van der Waals surface area (Å²) in [6, 6.07) is 11.1. The van der Waals surface area contributed by atoms with Crippen LogP contribution in [0.2, 0.25) is 0 Å². The van der Waals surface area contributed by atoms with E-state index in [2.05, 4.69) is 15.5 Å². The Bertz CT molecular complexity index is 969. The fourth-order valence-electron chi connectivity index (χ4n) is 2.29. The highest BCUT2D eigenvalue weighted by molar-refractivity contribution is 6.04. The normalized spacial score (nSPS) is 10.4. The van der Waals surface area contributed by atoms with E-state index in [1.807, 2.05) is 0 Å². The first kappa shape index (κ1) is 17.1. The van der Waals surface area contributed by atoms with Crippen molar-refractivity contribution in [2.75, 3.05) is 12.4 Å². The zero-order valence-electron chi connectivity index (χ0n) is 13.5. The van der Waals surface area contributed by atoms with Crippen LogP contribution in [0, 0.1) is 15.9 Å². The number of H-pyrrole nitrogens is 1. The van der Waals surface area contributed by atoms with Gasteiger partial charge in [-0.2, -0.15) is 5.10 Å². The first-order valence-electron chi connectivity index (χ1n) is 7.43. The van der Waals surface area contributed by atoms with Crippen LogP contribution in [0.5, 0.6) is 5.75 Å². The Morgan fingerprint density at radius 3 is 2.62 bits per heavy atom. The number of non-ortho nitro benzene ring substituents is 1. The molecular formula is C17H13FN4O4. The van der Waals surface area contributed by atoms with Crippen molar-refractivity contribution in [3.8, 4) is 17.0 Å². The van der Waals surface area contributed by atoms with Crippen molar-refractivity contribution in [3.63, 3.8) is 0 Å². The van der Waals surface area contributed by atoms with Crippen LogP contribution < -0.4 is 10.1 Å². The molecule has 132 valence electrons. The lowest BCUT2D eigenvalue weighted by atomic mass is 10.1. The predicted octanol–water partition coefficient (Wildman–Crippen LogP) is 3.38. The molecule has 0 radical (unpaired) electrons. The molecule has 2 N–H and O–H groups in total. The molecule has 26 heavy (non-hydrogen) atoms. The maximum Gasteiger partial charge on any atom is 0.273 e. The topological polar surface area (TPSA) is 110 Å². The molecule has 3 rings (SSSR count). The number of ether oxygens (including phenoxy) is 1. The van der Waals surface area contributed by atoms with Crippen molar-refractivity contribution in [2.24, 2.45) is 0 Å². The third-order valence-electron chi connectivity index (χ3n) is 3.61. The largest absolute Gasteiger partial charge is 0.494 e. The van der Waals surface area contributed by atoms with Crippen LogP contribution in [-0.4, -0.2) is 28.1 Å². The van der Waals surface area contributed by atoms with E-state index < -0.39 is 10.8 Å². The molecule has 1 aromatic heterocycles. The quantitative estimate of drug-likeness (QED) is 0.538. The van der Waals surface area contributed by atoms with Crippen LogP contribution in [0.15, 0.2) is 48.5 Å². The third-order valence-corrected chi connectivity index (χ3v) is 3.61. The van der Waals surface area contributed by atoms with Crippen LogP contribution in [0.4, 0.5) is 15.8 Å². The van der Waals surface area contributed by atoms with E-state index in [0.29, 0.717) is 11.3 Å². The van der Waals surface area contributed by atoms with E-state index in [9.17, 15) is 19.3 Å². The molecule has 0 saturated heterocycles. The number of nitro groups is 1. The van der Waals surface area contributed by atoms with E-state index >= 15 is 0 Å². The standard InChI is InChI=1S/C17H13FN4O4/c1-26-16-8-12(22(24)25)6-7-13(16)19-17(23)15-9-14(20-21-15)10-2-4-11(18)5-3-10/h2-9H,1H3,(H,19,23)(H,20,21). The molecule has 3 aromatic rings. The minimum absolute atomic E-state index is 0.153. The van der Waals surface area contributed by atoms with E-state index in [1.165, 1.54) is 43.5 Å². The number of anilines is 1. The van der Waals surface area contributed by atoms with Gasteiger partial charge in [0.25, 0.3) is 11.6 Å². The number of aromatic amines is 1. The molecule has 0 saturated carbocycles. The summed E-state index contributed by atoms with van der Waals surface area (Å²) in [5.74, 6) is -0.712. The van der Waals surface area contributed by atoms with Crippen molar-refractivity contribution < 1.29 is 18.8 Å². The second-order valence-electron chi connectivity index (χ2n) is 5.27. The summed E-state index contributed by atoms with van der Waals surface area (Å²) in [6.07, 6.45) is 0. The van der Waals surface area contributed by atoms with Crippen molar-refractivity contribution in [1.29, 1.82) is 0 Å². The number of methoxy groups -OCH3 is 1. The lowest BCUT2D eigenvalue weighted by Crippen LogP contribution is -2.13. The van der Waals surface area contributed by atoms with Gasteiger partial charge in [0.05, 0.1) is 29.5 Å². The maximum atomic E-state index is 13.0. The van der Waals surface area contributed by atoms with Crippen LogP contribution >= 0.6 is 0 Å². The summed E-state index contributed by atoms with van der Waals surface area (Å²) < 4.78 is 18.1. The van der Waals surface area contributed by atoms with Crippen LogP contribution in [0.25, 0.3) is 11.3 Å². The minimum atomic E-state index is -0.558. The number of nitrogens with zero attached hydrogens (tertiary/aromatic N) is 2. The Labute approximate surface area is 146 Å². The third kappa shape index (κ3) is 3.51. The molecule has 2 aromatic carbocycles. The lowest BCUT2D eigenvalue weighted by molar-refractivity contribution is -0.384. The number of hydrogen-bond acceptors (Lipinski definition) is 5. The van der Waals surface area contributed by atoms with Crippen molar-refractivity contribution >= 4 is 17.3 Å². The molecule has 0 unspecified atom stereocenters. The number of nitro benzene ring substituents is 1. The van der Waals surface area contributed by atoms with Gasteiger partial charge in [0.2, 0.25) is 0 Å². The van der Waals surface area contributed by atoms with Crippen molar-refractivity contribution in [3.05, 3.63) is 70.2 Å². The summed E-state index contributed by atoms with van der Waals surface area (Å²) in [6.45, 7) is 0. The number of benzene rings is 2. The molecule has 1 heterocycles. The fraction of sp³-hybridized carbons (Fsp3) is 0.0588. The van der Waals surface area contributed by atoms with Gasteiger partial charge >= 0.3 is 0 Å². The highest BCUT2D eigenvalue weighted by Gasteiger charge is 2.16. The molecule has 8 nitrogen and oxygen atoms in total. The molecule has 0 aliphatic heterocycles. The first-order chi connectivity index (χ1) is 12.5. The second kappa shape index (κ2) is 7.01. The predicted molar refractivity (Wildman–Crippen MR) is 91.6 cm³/mol. The number of nitrogens with one attached hydrogen (secondary N) is 2. The van der Waals surface area contributed by atoms with Crippen LogP contribution in [-0.2, 0) is 0 Å². The Morgan fingerprint density at radius 2 is 1.96 bits per heavy atom. The average molecular weight is 356 g/mol. The van der Waals surface area contributed by atoms with E-state index in [-0.39, 0.29) is 28.6 Å². The van der Waals surface area contributed by atoms with Gasteiger partial charge in [0.1, 0.15) is 17.3 Å². The molecule has 0 fully saturated rings. The Morgan fingerprint density at radius 1 is 1.23 bits per heavy atom. The summed E-state index contributed by atoms with van der Waals surface area (Å²) in [5, 5.41) is 20.0. The number of halogens is 1. The molecule has 0 aliphatic carbocycles. The molecule has 0 aliphatic rings. The smallest absolute Gasteiger partial charge is 0.273 e. The van der Waals surface area contributed by atoms with Gasteiger partial charge in [-0.3, -0.25) is 20.0 Å². The summed E-state index contributed by atoms with van der Waals surface area (Å²) in [7, 11) is 1.34. The number of rotatable bonds is 5. The lowest BCUT2D eigenvalue weighted by Gasteiger charge is -2.09. The van der Waals surface area contributed by atoms with Gasteiger partial charge in [-0.05, 0) is 36.4 Å². The molecule has 0 bridgehead atoms. The van der Waals surface area contributed by atoms with Crippen molar-refractivity contribution in [1.82, 2.24) is 10.2 Å². The number of amides is 1. The summed E-state index contributed by atoms with van der Waals surface area (Å²) in [4.78, 5) is 22.6. The molecular weight excluding hydrogens is 343 g/mol. The Balaban J connectivity index is 1.80. The van der Waals surface area contributed by atoms with Crippen LogP contribution in [0.3, 0.4) is 0 Å². The summed E-state index contributed by atoms with van der Waals surface area (Å²) >= 11 is 0. The highest BCUT2D eigenvalue weighted by Crippen LogP contribution is 2.29. The molecule has 9 heteroatoms. The average Bonchev–Trinajstić information content (AvgIpc) is 3.12. The SMILES string of the molecule is COc1cc([N+](=O)[O-])ccc1NC(=O)c1cc(-c2ccc(F)cc2)n[nH]1. The zero-order valence-corrected chi connectivity index (χ0v) is 13.5. The van der Waals surface area contributed by atoms with Gasteiger partial charge < -0.3 is 10.1 Å². The minimum Gasteiger partial charge on any atom is -0.494 e. The summed E-state index contributed by atoms with van der Waals surface area (Å²) in [5.41, 5.74) is 1.42. The van der Waals surface area contributed by atoms with E-state index in [4.69, 9.17) is 4.74 Å². The maximum absolute atomic E-state index is 13.0. The van der Waals surface area contributed by atoms with Gasteiger partial charge in [0.15, 0.2) is 0 Å². The van der Waals surface area contributed by atoms with E-state index in [1.54, 1.807) is 12.1 Å². The number of hydrogen-bond donors (Lipinski definition) is 2. The van der Waals surface area contributed by atoms with Crippen molar-refractivity contribution in [2.45, 2.75) is 0 Å². The molecule has 0 spiro atoms. The highest BCUT2D eigenvalue weighted by atomic mass is 19.1. The van der Waals surface area contributed by atoms with Gasteiger partial charge in [-0.15, -0.1) is 0 Å². The second-order valence-corrected chi connectivity index (χ2v) is 5.27. The molecule has 0 atom stereocenters. The van der Waals surface area contributed by atoms with Gasteiger partial charge in [0, 0.05) is 11.6 Å². The Kier molecular flexibility index (Phi) is 4.61. The van der Waals surface area contributed by atoms with Gasteiger partial charge in [-0.25, -0.2) is 4.39 Å². The van der Waals surface area contributed by atoms with Crippen LogP contribution in [0.1, 0.15) is 10.5 Å². The van der Waals surface area contributed by atoms with Gasteiger partial charge in [-0.1, -0.05) is 0 Å². The molecule has 1 amide bonds. The fourth-order valence-corrected chi connectivity index (χ4v) is 2.29. The monoisotopic (exact) mass is 356 g/mol.